The fraction of sp³-hybridized carbons (Fsp3) is 0.0260. The zero-order chi connectivity index (χ0) is 55.7. The lowest BCUT2D eigenvalue weighted by molar-refractivity contribution is 0.654. The Bertz CT molecular complexity index is 5280. The number of para-hydroxylation sites is 6. The number of anilines is 6. The first-order chi connectivity index (χ1) is 41.4. The molecule has 0 aliphatic rings. The van der Waals surface area contributed by atoms with Crippen molar-refractivity contribution < 1.29 is 17.7 Å². The molecule has 0 amide bonds. The van der Waals surface area contributed by atoms with Crippen LogP contribution in [0.25, 0.3) is 132 Å². The van der Waals surface area contributed by atoms with E-state index < -0.39 is 0 Å². The molecule has 4 aromatic heterocycles. The van der Waals surface area contributed by atoms with E-state index >= 15 is 0 Å². The zero-order valence-electron chi connectivity index (χ0n) is 45.6. The number of hydrogen-bond donors (Lipinski definition) is 0. The number of rotatable bonds is 8. The van der Waals surface area contributed by atoms with Gasteiger partial charge in [-0.25, -0.2) is 0 Å². The second-order valence-corrected chi connectivity index (χ2v) is 21.9. The molecule has 7 nitrogen and oxygen atoms in total. The number of furan rings is 4. The molecule has 7 heteroatoms. The lowest BCUT2D eigenvalue weighted by Gasteiger charge is -2.27. The van der Waals surface area contributed by atoms with Crippen LogP contribution in [0.2, 0.25) is 0 Å². The molecular weight excluding hydrogens is 1030 g/mol. The second-order valence-electron chi connectivity index (χ2n) is 21.9. The molecule has 0 N–H and O–H groups in total. The summed E-state index contributed by atoms with van der Waals surface area (Å²) < 4.78 is 27.5. The molecule has 0 fully saturated rings. The standard InChI is InChI=1S/C77H47N3O4/c1-45-17-9-11-29-66(45)79(68-31-15-27-59-57-25-13-23-55(72(57)83-76(59)68)47-19-5-3-6-20-47)53-35-33-49-39-61-63-43-64-62-40-50-34-36-54(38-52(50)42-71(62)82-75(64)65(44-78)74(63)81-70(61)41-51(49)37-53)80(67-30-12-10-18-46(67)2)69-32-16-28-60-58-26-14-24-56(73(58)84-77(60)69)48-21-7-4-8-22-48/h3-43H,1-2H3. The van der Waals surface area contributed by atoms with Gasteiger partial charge in [0.2, 0.25) is 0 Å². The SMILES string of the molecule is Cc1ccccc1N(c1ccc2cc3c(cc2c1)oc1c(C#N)c2oc4cc5cc(N(c6ccccc6C)c6cccc7c6oc6c(-c8ccccc8)cccc67)ccc5cc4c2cc13)c1cccc2c1oc1c(-c3ccccc3)cccc12. The first-order valence-corrected chi connectivity index (χ1v) is 28.3. The van der Waals surface area contributed by atoms with Crippen molar-refractivity contribution in [2.24, 2.45) is 0 Å². The highest BCUT2D eigenvalue weighted by molar-refractivity contribution is 6.21. The number of nitriles is 1. The highest BCUT2D eigenvalue weighted by atomic mass is 16.3. The van der Waals surface area contributed by atoms with Gasteiger partial charge in [0, 0.05) is 77.0 Å². The molecule has 0 atom stereocenters. The van der Waals surface area contributed by atoms with Crippen LogP contribution in [0, 0.1) is 25.2 Å². The Hall–Kier alpha value is -11.3. The van der Waals surface area contributed by atoms with Gasteiger partial charge in [-0.1, -0.05) is 170 Å². The van der Waals surface area contributed by atoms with Gasteiger partial charge in [0.05, 0.1) is 11.4 Å². The minimum Gasteiger partial charge on any atom is -0.454 e. The lowest BCUT2D eigenvalue weighted by Crippen LogP contribution is -2.11. The van der Waals surface area contributed by atoms with Crippen molar-refractivity contribution in [2.45, 2.75) is 13.8 Å². The van der Waals surface area contributed by atoms with Gasteiger partial charge in [-0.2, -0.15) is 5.26 Å². The quantitative estimate of drug-likeness (QED) is 0.150. The largest absolute Gasteiger partial charge is 0.454 e. The van der Waals surface area contributed by atoms with Crippen LogP contribution in [0.3, 0.4) is 0 Å². The van der Waals surface area contributed by atoms with E-state index in [4.69, 9.17) is 17.7 Å². The molecular formula is C77H47N3O4. The van der Waals surface area contributed by atoms with Gasteiger partial charge in [0.15, 0.2) is 22.3 Å². The van der Waals surface area contributed by atoms with Gasteiger partial charge in [0.25, 0.3) is 0 Å². The molecule has 17 aromatic rings. The summed E-state index contributed by atoms with van der Waals surface area (Å²) in [7, 11) is 0. The van der Waals surface area contributed by atoms with E-state index in [0.717, 1.165) is 154 Å². The molecule has 0 saturated carbocycles. The van der Waals surface area contributed by atoms with Crippen LogP contribution < -0.4 is 9.80 Å². The summed E-state index contributed by atoms with van der Waals surface area (Å²) in [5.74, 6) is 0. The molecule has 0 bridgehead atoms. The summed E-state index contributed by atoms with van der Waals surface area (Å²) in [6, 6.07) is 89.7. The van der Waals surface area contributed by atoms with Gasteiger partial charge >= 0.3 is 0 Å². The lowest BCUT2D eigenvalue weighted by atomic mass is 10.00. The van der Waals surface area contributed by atoms with Crippen LogP contribution in [0.4, 0.5) is 34.1 Å². The fourth-order valence-electron chi connectivity index (χ4n) is 13.1. The summed E-state index contributed by atoms with van der Waals surface area (Å²) >= 11 is 0. The average molecular weight is 1080 g/mol. The molecule has 84 heavy (non-hydrogen) atoms. The highest BCUT2D eigenvalue weighted by Crippen LogP contribution is 2.49. The molecule has 17 rings (SSSR count). The third-order valence-corrected chi connectivity index (χ3v) is 17.1. The highest BCUT2D eigenvalue weighted by Gasteiger charge is 2.26. The van der Waals surface area contributed by atoms with E-state index in [2.05, 4.69) is 266 Å². The molecule has 0 saturated heterocycles. The molecule has 4 heterocycles. The molecule has 0 unspecified atom stereocenters. The second kappa shape index (κ2) is 18.3. The van der Waals surface area contributed by atoms with Crippen LogP contribution in [0.15, 0.2) is 266 Å². The number of nitrogens with zero attached hydrogens (tertiary/aromatic N) is 3. The Labute approximate surface area is 481 Å². The average Bonchev–Trinajstić information content (AvgIpc) is 1.95. The van der Waals surface area contributed by atoms with Crippen LogP contribution in [0.1, 0.15) is 16.7 Å². The van der Waals surface area contributed by atoms with E-state index in [1.54, 1.807) is 0 Å². The van der Waals surface area contributed by atoms with Gasteiger partial charge in [-0.3, -0.25) is 0 Å². The van der Waals surface area contributed by atoms with Gasteiger partial charge < -0.3 is 27.5 Å². The minimum atomic E-state index is 0.365. The van der Waals surface area contributed by atoms with Crippen LogP contribution in [0.5, 0.6) is 0 Å². The maximum absolute atomic E-state index is 11.0. The molecule has 13 aromatic carbocycles. The molecule has 0 aliphatic heterocycles. The van der Waals surface area contributed by atoms with E-state index in [9.17, 15) is 5.26 Å². The predicted octanol–water partition coefficient (Wildman–Crippen LogP) is 22.4. The maximum Gasteiger partial charge on any atom is 0.159 e. The Morgan fingerprint density at radius 3 is 1.14 bits per heavy atom. The summed E-state index contributed by atoms with van der Waals surface area (Å²) in [6.45, 7) is 4.29. The van der Waals surface area contributed by atoms with Crippen molar-refractivity contribution in [1.29, 1.82) is 5.26 Å². The molecule has 0 aliphatic carbocycles. The molecule has 394 valence electrons. The van der Waals surface area contributed by atoms with Crippen molar-refractivity contribution in [3.8, 4) is 28.3 Å². The third-order valence-electron chi connectivity index (χ3n) is 17.1. The molecule has 0 spiro atoms. The third kappa shape index (κ3) is 7.17. The smallest absolute Gasteiger partial charge is 0.159 e. The Kier molecular flexibility index (Phi) is 10.4. The summed E-state index contributed by atoms with van der Waals surface area (Å²) in [5.41, 5.74) is 18.5. The maximum atomic E-state index is 11.0. The van der Waals surface area contributed by atoms with Gasteiger partial charge in [0.1, 0.15) is 34.0 Å². The topological polar surface area (TPSA) is 82.8 Å². The van der Waals surface area contributed by atoms with E-state index in [0.29, 0.717) is 27.9 Å². The van der Waals surface area contributed by atoms with Gasteiger partial charge in [-0.15, -0.1) is 0 Å². The van der Waals surface area contributed by atoms with Crippen molar-refractivity contribution in [3.05, 3.63) is 265 Å². The summed E-state index contributed by atoms with van der Waals surface area (Å²) in [5, 5.41) is 22.9. The van der Waals surface area contributed by atoms with Gasteiger partial charge in [-0.05, 0) is 137 Å². The van der Waals surface area contributed by atoms with Crippen molar-refractivity contribution >= 4 is 143 Å². The van der Waals surface area contributed by atoms with E-state index in [-0.39, 0.29) is 0 Å². The number of aryl methyl sites for hydroxylation is 2. The van der Waals surface area contributed by atoms with E-state index in [1.807, 2.05) is 12.1 Å². The minimum absolute atomic E-state index is 0.365. The van der Waals surface area contributed by atoms with E-state index in [1.165, 1.54) is 0 Å². The normalized spacial score (nSPS) is 11.9. The number of benzene rings is 13. The monoisotopic (exact) mass is 1080 g/mol. The summed E-state index contributed by atoms with van der Waals surface area (Å²) in [6.07, 6.45) is 0. The van der Waals surface area contributed by atoms with Crippen LogP contribution in [-0.4, -0.2) is 0 Å². The number of fused-ring (bicyclic) bond motifs is 14. The Balaban J connectivity index is 0.783. The fourth-order valence-corrected chi connectivity index (χ4v) is 13.1. The first kappa shape index (κ1) is 47.5. The summed E-state index contributed by atoms with van der Waals surface area (Å²) in [4.78, 5) is 4.60. The van der Waals surface area contributed by atoms with Crippen molar-refractivity contribution in [3.63, 3.8) is 0 Å². The van der Waals surface area contributed by atoms with Crippen LogP contribution in [-0.2, 0) is 0 Å². The first-order valence-electron chi connectivity index (χ1n) is 28.3. The Morgan fingerprint density at radius 1 is 0.298 bits per heavy atom. The van der Waals surface area contributed by atoms with Crippen LogP contribution >= 0.6 is 0 Å². The zero-order valence-corrected chi connectivity index (χ0v) is 45.6. The molecule has 0 radical (unpaired) electrons. The predicted molar refractivity (Wildman–Crippen MR) is 345 cm³/mol. The van der Waals surface area contributed by atoms with Crippen molar-refractivity contribution in [1.82, 2.24) is 0 Å². The van der Waals surface area contributed by atoms with Crippen molar-refractivity contribution in [2.75, 3.05) is 9.80 Å². The number of hydrogen-bond acceptors (Lipinski definition) is 7. The Morgan fingerprint density at radius 2 is 0.702 bits per heavy atom.